The van der Waals surface area contributed by atoms with Crippen molar-refractivity contribution in [3.63, 3.8) is 0 Å². The maximum Gasteiger partial charge on any atom is 0.210 e. The lowest BCUT2D eigenvalue weighted by molar-refractivity contribution is 0.215. The van der Waals surface area contributed by atoms with Crippen molar-refractivity contribution in [2.75, 3.05) is 0 Å². The average molecular weight is 397 g/mol. The van der Waals surface area contributed by atoms with E-state index in [2.05, 4.69) is 10.5 Å². The molecule has 25 heavy (non-hydrogen) atoms. The molecule has 2 aromatic carbocycles. The van der Waals surface area contributed by atoms with Crippen molar-refractivity contribution in [3.8, 4) is 5.75 Å². The fourth-order valence-electron chi connectivity index (χ4n) is 2.29. The Morgan fingerprint density at radius 3 is 2.80 bits per heavy atom. The molecule has 1 unspecified atom stereocenters. The van der Waals surface area contributed by atoms with Crippen molar-refractivity contribution in [2.24, 2.45) is 0 Å². The monoisotopic (exact) mass is 396 g/mol. The van der Waals surface area contributed by atoms with Gasteiger partial charge in [0.25, 0.3) is 0 Å². The highest BCUT2D eigenvalue weighted by Gasteiger charge is 2.18. The lowest BCUT2D eigenvalue weighted by Crippen LogP contribution is -2.16. The molecule has 0 aliphatic rings. The molecule has 0 radical (unpaired) electrons. The maximum atomic E-state index is 12.4. The van der Waals surface area contributed by atoms with Gasteiger partial charge in [0.05, 0.1) is 5.02 Å². The Kier molecular flexibility index (Phi) is 5.56. The SMILES string of the molecule is Cc1ccc2c(Cl)cc(S(=O)ONCc3cccc(Cl)c3)c(O)c2n1. The Hall–Kier alpha value is -1.70. The predicted octanol–water partition coefficient (Wildman–Crippen LogP) is 4.30. The number of hydroxylamine groups is 1. The molecule has 8 heteroatoms. The third kappa shape index (κ3) is 4.11. The molecule has 0 amide bonds. The number of phenols is 1. The standard InChI is InChI=1S/C17H14Cl2N2O3S/c1-10-5-6-13-14(19)8-15(17(22)16(13)21-10)25(23)24-20-9-11-3-2-4-12(18)7-11/h2-8,20,22H,9H2,1H3. The molecule has 0 bridgehead atoms. The molecule has 0 fully saturated rings. The van der Waals surface area contributed by atoms with Crippen LogP contribution in [0.3, 0.4) is 0 Å². The highest BCUT2D eigenvalue weighted by atomic mass is 35.5. The molecule has 1 heterocycles. The van der Waals surface area contributed by atoms with Crippen molar-refractivity contribution in [1.82, 2.24) is 10.5 Å². The Labute approximate surface area is 157 Å². The molecule has 3 rings (SSSR count). The van der Waals surface area contributed by atoms with Crippen molar-refractivity contribution in [2.45, 2.75) is 18.4 Å². The van der Waals surface area contributed by atoms with Gasteiger partial charge in [0, 0.05) is 22.6 Å². The molecule has 2 N–H and O–H groups in total. The van der Waals surface area contributed by atoms with Gasteiger partial charge in [0.2, 0.25) is 11.1 Å². The fourth-order valence-corrected chi connectivity index (χ4v) is 3.56. The minimum absolute atomic E-state index is 0.0502. The van der Waals surface area contributed by atoms with Crippen LogP contribution in [-0.2, 0) is 21.9 Å². The number of hydrogen-bond acceptors (Lipinski definition) is 5. The Bertz CT molecular complexity index is 966. The lowest BCUT2D eigenvalue weighted by Gasteiger charge is -2.10. The first-order valence-electron chi connectivity index (χ1n) is 7.31. The van der Waals surface area contributed by atoms with E-state index in [1.807, 2.05) is 6.07 Å². The summed E-state index contributed by atoms with van der Waals surface area (Å²) < 4.78 is 17.5. The van der Waals surface area contributed by atoms with E-state index >= 15 is 0 Å². The number of nitrogens with zero attached hydrogens (tertiary/aromatic N) is 1. The number of nitrogens with one attached hydrogen (secondary N) is 1. The molecule has 0 aliphatic heterocycles. The van der Waals surface area contributed by atoms with Crippen LogP contribution in [0.15, 0.2) is 47.4 Å². The molecule has 0 spiro atoms. The number of aromatic hydroxyl groups is 1. The number of benzene rings is 2. The summed E-state index contributed by atoms with van der Waals surface area (Å²) in [7, 11) is 0. The number of hydrogen-bond donors (Lipinski definition) is 2. The number of fused-ring (bicyclic) bond motifs is 1. The van der Waals surface area contributed by atoms with E-state index in [9.17, 15) is 9.32 Å². The predicted molar refractivity (Wildman–Crippen MR) is 98.9 cm³/mol. The Balaban J connectivity index is 1.79. The molecule has 1 atom stereocenters. The van der Waals surface area contributed by atoms with Gasteiger partial charge >= 0.3 is 0 Å². The highest BCUT2D eigenvalue weighted by Crippen LogP contribution is 2.35. The zero-order chi connectivity index (χ0) is 18.0. The molecule has 1 aromatic heterocycles. The van der Waals surface area contributed by atoms with Crippen molar-refractivity contribution in [1.29, 1.82) is 0 Å². The van der Waals surface area contributed by atoms with Gasteiger partial charge in [-0.1, -0.05) is 35.3 Å². The van der Waals surface area contributed by atoms with Crippen LogP contribution in [0.4, 0.5) is 0 Å². The normalized spacial score (nSPS) is 12.4. The van der Waals surface area contributed by atoms with Gasteiger partial charge in [-0.05, 0) is 42.8 Å². The maximum absolute atomic E-state index is 12.4. The largest absolute Gasteiger partial charge is 0.504 e. The average Bonchev–Trinajstić information content (AvgIpc) is 2.58. The van der Waals surface area contributed by atoms with Crippen molar-refractivity contribution < 1.29 is 13.6 Å². The summed E-state index contributed by atoms with van der Waals surface area (Å²) in [6.07, 6.45) is 0. The summed E-state index contributed by atoms with van der Waals surface area (Å²) in [4.78, 5) is 4.31. The zero-order valence-corrected chi connectivity index (χ0v) is 15.5. The summed E-state index contributed by atoms with van der Waals surface area (Å²) in [5.41, 5.74) is 4.46. The summed E-state index contributed by atoms with van der Waals surface area (Å²) >= 11 is 10.1. The van der Waals surface area contributed by atoms with Gasteiger partial charge in [0.15, 0.2) is 5.75 Å². The summed E-state index contributed by atoms with van der Waals surface area (Å²) in [5, 5.41) is 11.9. The van der Waals surface area contributed by atoms with E-state index in [1.165, 1.54) is 6.07 Å². The first kappa shape index (κ1) is 18.1. The fraction of sp³-hybridized carbons (Fsp3) is 0.118. The van der Waals surface area contributed by atoms with Gasteiger partial charge in [0.1, 0.15) is 10.4 Å². The first-order valence-corrected chi connectivity index (χ1v) is 9.14. The van der Waals surface area contributed by atoms with E-state index in [0.717, 1.165) is 5.56 Å². The van der Waals surface area contributed by atoms with E-state index in [1.54, 1.807) is 37.3 Å². The van der Waals surface area contributed by atoms with Gasteiger partial charge in [-0.3, -0.25) is 0 Å². The topological polar surface area (TPSA) is 71.5 Å². The van der Waals surface area contributed by atoms with Crippen LogP contribution in [0.5, 0.6) is 5.75 Å². The number of rotatable bonds is 5. The van der Waals surface area contributed by atoms with E-state index in [4.69, 9.17) is 27.5 Å². The van der Waals surface area contributed by atoms with Gasteiger partial charge in [-0.15, -0.1) is 0 Å². The third-order valence-electron chi connectivity index (χ3n) is 3.49. The van der Waals surface area contributed by atoms with Crippen LogP contribution in [0.2, 0.25) is 10.0 Å². The number of pyridine rings is 1. The van der Waals surface area contributed by atoms with Crippen molar-refractivity contribution >= 4 is 45.2 Å². The smallest absolute Gasteiger partial charge is 0.210 e. The minimum Gasteiger partial charge on any atom is -0.504 e. The molecular weight excluding hydrogens is 383 g/mol. The molecule has 5 nitrogen and oxygen atoms in total. The Morgan fingerprint density at radius 2 is 2.04 bits per heavy atom. The number of aromatic nitrogens is 1. The number of halogens is 2. The summed E-state index contributed by atoms with van der Waals surface area (Å²) in [6.45, 7) is 2.09. The molecule has 0 saturated heterocycles. The van der Waals surface area contributed by atoms with E-state index in [-0.39, 0.29) is 16.2 Å². The van der Waals surface area contributed by atoms with Crippen LogP contribution in [0.25, 0.3) is 10.9 Å². The third-order valence-corrected chi connectivity index (χ3v) is 4.97. The van der Waals surface area contributed by atoms with Gasteiger partial charge in [-0.25, -0.2) is 9.19 Å². The van der Waals surface area contributed by atoms with E-state index in [0.29, 0.717) is 27.7 Å². The second kappa shape index (κ2) is 7.68. The highest BCUT2D eigenvalue weighted by molar-refractivity contribution is 7.80. The van der Waals surface area contributed by atoms with Crippen molar-refractivity contribution in [3.05, 3.63) is 63.8 Å². The minimum atomic E-state index is -1.97. The number of phenolic OH excluding ortho intramolecular Hbond substituents is 1. The van der Waals surface area contributed by atoms with E-state index < -0.39 is 11.1 Å². The van der Waals surface area contributed by atoms with Gasteiger partial charge in [-0.2, -0.15) is 9.76 Å². The van der Waals surface area contributed by atoms with Crippen LogP contribution in [0, 0.1) is 6.92 Å². The second-order valence-electron chi connectivity index (χ2n) is 5.32. The second-order valence-corrected chi connectivity index (χ2v) is 7.24. The molecule has 3 aromatic rings. The van der Waals surface area contributed by atoms with Crippen LogP contribution in [0.1, 0.15) is 11.3 Å². The number of aryl methyl sites for hydroxylation is 1. The van der Waals surface area contributed by atoms with Crippen LogP contribution in [-0.4, -0.2) is 14.3 Å². The van der Waals surface area contributed by atoms with Crippen LogP contribution < -0.4 is 5.48 Å². The quantitative estimate of drug-likeness (QED) is 0.629. The molecule has 130 valence electrons. The molecule has 0 aliphatic carbocycles. The van der Waals surface area contributed by atoms with Crippen LogP contribution >= 0.6 is 23.2 Å². The summed E-state index contributed by atoms with van der Waals surface area (Å²) in [5.74, 6) is -0.217. The molecular formula is C17H14Cl2N2O3S. The first-order chi connectivity index (χ1) is 12.0. The lowest BCUT2D eigenvalue weighted by atomic mass is 10.2. The Morgan fingerprint density at radius 1 is 1.24 bits per heavy atom. The molecule has 0 saturated carbocycles. The zero-order valence-electron chi connectivity index (χ0n) is 13.1. The van der Waals surface area contributed by atoms with Gasteiger partial charge < -0.3 is 5.11 Å². The summed E-state index contributed by atoms with van der Waals surface area (Å²) in [6, 6.07) is 12.1.